The Labute approximate surface area is 234 Å². The van der Waals surface area contributed by atoms with Gasteiger partial charge in [0, 0.05) is 21.1 Å². The summed E-state index contributed by atoms with van der Waals surface area (Å²) in [5, 5.41) is 2.75. The second-order valence-electron chi connectivity index (χ2n) is 8.02. The minimum absolute atomic E-state index is 0.0756. The molecule has 36 heavy (non-hydrogen) atoms. The lowest BCUT2D eigenvalue weighted by Gasteiger charge is -2.32. The number of nitrogens with zero attached hydrogens (tertiary/aromatic N) is 2. The van der Waals surface area contributed by atoms with Gasteiger partial charge in [0.15, 0.2) is 0 Å². The molecule has 3 rings (SSSR count). The number of likely N-dealkylation sites (N-methyl/N-ethyl adjacent to an activating group) is 1. The minimum atomic E-state index is -4.06. The van der Waals surface area contributed by atoms with Gasteiger partial charge < -0.3 is 10.2 Å². The number of anilines is 1. The maximum atomic E-state index is 13.7. The van der Waals surface area contributed by atoms with Crippen molar-refractivity contribution in [3.05, 3.63) is 92.5 Å². The van der Waals surface area contributed by atoms with E-state index in [0.717, 1.165) is 17.9 Å². The fourth-order valence-corrected chi connectivity index (χ4v) is 5.83. The van der Waals surface area contributed by atoms with Crippen LogP contribution in [0.3, 0.4) is 0 Å². The van der Waals surface area contributed by atoms with E-state index < -0.39 is 28.5 Å². The Morgan fingerprint density at radius 2 is 1.67 bits per heavy atom. The van der Waals surface area contributed by atoms with Crippen molar-refractivity contribution in [2.45, 2.75) is 31.3 Å². The number of sulfonamides is 1. The summed E-state index contributed by atoms with van der Waals surface area (Å²) in [5.74, 6) is -0.806. The highest BCUT2D eigenvalue weighted by molar-refractivity contribution is 14.1. The normalized spacial score (nSPS) is 12.0. The van der Waals surface area contributed by atoms with Crippen LogP contribution in [0.4, 0.5) is 5.69 Å². The van der Waals surface area contributed by atoms with Crippen molar-refractivity contribution in [2.75, 3.05) is 17.4 Å². The molecule has 0 heterocycles. The fraction of sp³-hybridized carbons (Fsp3) is 0.231. The third-order valence-electron chi connectivity index (χ3n) is 5.48. The highest BCUT2D eigenvalue weighted by Gasteiger charge is 2.32. The van der Waals surface area contributed by atoms with Crippen LogP contribution in [0.25, 0.3) is 0 Å². The van der Waals surface area contributed by atoms with Gasteiger partial charge in [-0.1, -0.05) is 46.3 Å². The number of halogens is 2. The standard InChI is InChI=1S/C26H27BrIN3O4S/c1-3-29-26(33)19(2)30(17-20-8-7-9-21(27)16-20)25(32)18-31(23-14-12-22(28)13-15-23)36(34,35)24-10-5-4-6-11-24/h4-16,19H,3,17-18H2,1-2H3,(H,29,33). The molecule has 2 amide bonds. The average Bonchev–Trinajstić information content (AvgIpc) is 2.86. The van der Waals surface area contributed by atoms with E-state index in [1.165, 1.54) is 17.0 Å². The van der Waals surface area contributed by atoms with Crippen molar-refractivity contribution in [3.8, 4) is 0 Å². The number of carbonyl (C=O) groups is 2. The average molecular weight is 684 g/mol. The molecule has 190 valence electrons. The molecule has 0 bridgehead atoms. The number of hydrogen-bond donors (Lipinski definition) is 1. The van der Waals surface area contributed by atoms with Gasteiger partial charge in [0.1, 0.15) is 12.6 Å². The van der Waals surface area contributed by atoms with Gasteiger partial charge in [-0.2, -0.15) is 0 Å². The largest absolute Gasteiger partial charge is 0.355 e. The first-order chi connectivity index (χ1) is 17.1. The smallest absolute Gasteiger partial charge is 0.264 e. The van der Waals surface area contributed by atoms with Crippen LogP contribution in [0.15, 0.2) is 88.2 Å². The van der Waals surface area contributed by atoms with Crippen molar-refractivity contribution in [3.63, 3.8) is 0 Å². The van der Waals surface area contributed by atoms with Gasteiger partial charge in [0.05, 0.1) is 10.6 Å². The van der Waals surface area contributed by atoms with E-state index in [0.29, 0.717) is 12.2 Å². The SMILES string of the molecule is CCNC(=O)C(C)N(Cc1cccc(Br)c1)C(=O)CN(c1ccc(I)cc1)S(=O)(=O)c1ccccc1. The molecular weight excluding hydrogens is 657 g/mol. The van der Waals surface area contributed by atoms with E-state index in [9.17, 15) is 18.0 Å². The lowest BCUT2D eigenvalue weighted by molar-refractivity contribution is -0.139. The Kier molecular flexibility index (Phi) is 9.92. The molecule has 0 radical (unpaired) electrons. The van der Waals surface area contributed by atoms with Gasteiger partial charge in [0.2, 0.25) is 11.8 Å². The van der Waals surface area contributed by atoms with Gasteiger partial charge in [0.25, 0.3) is 10.0 Å². The quantitative estimate of drug-likeness (QED) is 0.311. The van der Waals surface area contributed by atoms with Crippen LogP contribution in [-0.4, -0.2) is 44.3 Å². The molecule has 3 aromatic carbocycles. The lowest BCUT2D eigenvalue weighted by atomic mass is 10.1. The van der Waals surface area contributed by atoms with E-state index in [2.05, 4.69) is 43.8 Å². The van der Waals surface area contributed by atoms with Gasteiger partial charge in [-0.05, 0) is 90.5 Å². The molecule has 0 aromatic heterocycles. The van der Waals surface area contributed by atoms with E-state index in [4.69, 9.17) is 0 Å². The Morgan fingerprint density at radius 3 is 2.28 bits per heavy atom. The number of amides is 2. The van der Waals surface area contributed by atoms with Gasteiger partial charge >= 0.3 is 0 Å². The van der Waals surface area contributed by atoms with E-state index >= 15 is 0 Å². The molecule has 7 nitrogen and oxygen atoms in total. The second kappa shape index (κ2) is 12.7. The van der Waals surface area contributed by atoms with Crippen LogP contribution in [0.1, 0.15) is 19.4 Å². The van der Waals surface area contributed by atoms with E-state index in [-0.39, 0.29) is 17.3 Å². The van der Waals surface area contributed by atoms with Crippen molar-refractivity contribution in [2.24, 2.45) is 0 Å². The van der Waals surface area contributed by atoms with Crippen LogP contribution in [-0.2, 0) is 26.2 Å². The monoisotopic (exact) mass is 683 g/mol. The van der Waals surface area contributed by atoms with Gasteiger partial charge in [-0.15, -0.1) is 0 Å². The predicted octanol–water partition coefficient (Wildman–Crippen LogP) is 4.80. The molecule has 0 aliphatic heterocycles. The number of hydrogen-bond acceptors (Lipinski definition) is 4. The molecule has 0 aliphatic rings. The minimum Gasteiger partial charge on any atom is -0.355 e. The fourth-order valence-electron chi connectivity index (χ4n) is 3.59. The first-order valence-corrected chi connectivity index (χ1v) is 14.6. The molecule has 3 aromatic rings. The first kappa shape index (κ1) is 28.1. The van der Waals surface area contributed by atoms with Crippen molar-refractivity contribution < 1.29 is 18.0 Å². The zero-order valence-corrected chi connectivity index (χ0v) is 24.5. The zero-order valence-electron chi connectivity index (χ0n) is 19.9. The summed E-state index contributed by atoms with van der Waals surface area (Å²) in [4.78, 5) is 27.9. The molecule has 0 fully saturated rings. The van der Waals surface area contributed by atoms with Crippen LogP contribution < -0.4 is 9.62 Å². The molecular formula is C26H27BrIN3O4S. The van der Waals surface area contributed by atoms with Crippen molar-refractivity contribution in [1.29, 1.82) is 0 Å². The Bertz CT molecular complexity index is 1300. The predicted molar refractivity (Wildman–Crippen MR) is 153 cm³/mol. The van der Waals surface area contributed by atoms with Gasteiger partial charge in [-0.25, -0.2) is 8.42 Å². The molecule has 10 heteroatoms. The van der Waals surface area contributed by atoms with Crippen LogP contribution in [0.5, 0.6) is 0 Å². The summed E-state index contributed by atoms with van der Waals surface area (Å²) >= 11 is 5.57. The Balaban J connectivity index is 2.01. The zero-order chi connectivity index (χ0) is 26.3. The van der Waals surface area contributed by atoms with Crippen LogP contribution in [0, 0.1) is 3.57 Å². The third kappa shape index (κ3) is 7.07. The molecule has 0 saturated carbocycles. The van der Waals surface area contributed by atoms with Crippen molar-refractivity contribution in [1.82, 2.24) is 10.2 Å². The molecule has 1 unspecified atom stereocenters. The Hall–Kier alpha value is -2.44. The lowest BCUT2D eigenvalue weighted by Crippen LogP contribution is -2.51. The van der Waals surface area contributed by atoms with E-state index in [1.807, 2.05) is 24.3 Å². The third-order valence-corrected chi connectivity index (χ3v) is 8.49. The molecule has 0 spiro atoms. The highest BCUT2D eigenvalue weighted by atomic mass is 127. The van der Waals surface area contributed by atoms with E-state index in [1.54, 1.807) is 56.3 Å². The first-order valence-electron chi connectivity index (χ1n) is 11.3. The highest BCUT2D eigenvalue weighted by Crippen LogP contribution is 2.25. The Morgan fingerprint density at radius 1 is 1.00 bits per heavy atom. The molecule has 1 atom stereocenters. The summed E-state index contributed by atoms with van der Waals surface area (Å²) < 4.78 is 30.2. The molecule has 0 aliphatic carbocycles. The topological polar surface area (TPSA) is 86.8 Å². The second-order valence-corrected chi connectivity index (χ2v) is 12.0. The number of nitrogens with one attached hydrogen (secondary N) is 1. The summed E-state index contributed by atoms with van der Waals surface area (Å²) in [6.45, 7) is 3.54. The number of carbonyl (C=O) groups excluding carboxylic acids is 2. The maximum absolute atomic E-state index is 13.7. The number of benzene rings is 3. The summed E-state index contributed by atoms with van der Waals surface area (Å²) in [5.41, 5.74) is 1.17. The van der Waals surface area contributed by atoms with Crippen molar-refractivity contribution >= 4 is 66.0 Å². The summed E-state index contributed by atoms with van der Waals surface area (Å²) in [6, 6.07) is 21.5. The number of rotatable bonds is 10. The summed E-state index contributed by atoms with van der Waals surface area (Å²) in [6.07, 6.45) is 0. The molecule has 1 N–H and O–H groups in total. The summed E-state index contributed by atoms with van der Waals surface area (Å²) in [7, 11) is -4.06. The maximum Gasteiger partial charge on any atom is 0.264 e. The van der Waals surface area contributed by atoms with Crippen LogP contribution >= 0.6 is 38.5 Å². The van der Waals surface area contributed by atoms with Crippen LogP contribution in [0.2, 0.25) is 0 Å². The van der Waals surface area contributed by atoms with Gasteiger partial charge in [-0.3, -0.25) is 13.9 Å². The molecule has 0 saturated heterocycles.